The molecule has 1 aliphatic carbocycles. The van der Waals surface area contributed by atoms with Crippen LogP contribution in [0.5, 0.6) is 5.75 Å². The number of benzene rings is 1. The van der Waals surface area contributed by atoms with E-state index in [4.69, 9.17) is 4.74 Å². The van der Waals surface area contributed by atoms with Crippen molar-refractivity contribution in [1.29, 1.82) is 0 Å². The SMILES string of the molecule is CNCCC1CC(C)Cc2cc(OC)ccc21. The Hall–Kier alpha value is -1.02. The fourth-order valence-corrected chi connectivity index (χ4v) is 2.95. The van der Waals surface area contributed by atoms with Crippen molar-refractivity contribution in [2.45, 2.75) is 32.1 Å². The highest BCUT2D eigenvalue weighted by Crippen LogP contribution is 2.38. The largest absolute Gasteiger partial charge is 0.497 e. The van der Waals surface area contributed by atoms with Crippen molar-refractivity contribution in [2.24, 2.45) is 5.92 Å². The van der Waals surface area contributed by atoms with Crippen LogP contribution in [-0.2, 0) is 6.42 Å². The van der Waals surface area contributed by atoms with Crippen LogP contribution in [0.15, 0.2) is 18.2 Å². The van der Waals surface area contributed by atoms with Crippen molar-refractivity contribution in [1.82, 2.24) is 5.32 Å². The molecule has 2 heteroatoms. The minimum atomic E-state index is 0.715. The molecule has 1 aromatic rings. The van der Waals surface area contributed by atoms with E-state index in [0.717, 1.165) is 18.2 Å². The fraction of sp³-hybridized carbons (Fsp3) is 0.600. The quantitative estimate of drug-likeness (QED) is 0.863. The lowest BCUT2D eigenvalue weighted by atomic mass is 9.76. The molecule has 0 radical (unpaired) electrons. The van der Waals surface area contributed by atoms with Gasteiger partial charge in [-0.1, -0.05) is 13.0 Å². The average molecular weight is 233 g/mol. The second-order valence-corrected chi connectivity index (χ2v) is 5.20. The molecular formula is C15H23NO. The molecule has 2 nitrogen and oxygen atoms in total. The predicted molar refractivity (Wildman–Crippen MR) is 71.8 cm³/mol. The monoisotopic (exact) mass is 233 g/mol. The van der Waals surface area contributed by atoms with Crippen molar-refractivity contribution in [3.8, 4) is 5.75 Å². The molecule has 0 saturated heterocycles. The predicted octanol–water partition coefficient (Wildman–Crippen LogP) is 2.97. The Morgan fingerprint density at radius 1 is 1.41 bits per heavy atom. The number of ether oxygens (including phenoxy) is 1. The van der Waals surface area contributed by atoms with Gasteiger partial charge in [0.15, 0.2) is 0 Å². The standard InChI is InChI=1S/C15H23NO/c1-11-8-12(6-7-16-2)15-5-4-14(17-3)10-13(15)9-11/h4-5,10-12,16H,6-9H2,1-3H3. The van der Waals surface area contributed by atoms with Gasteiger partial charge in [0.2, 0.25) is 0 Å². The van der Waals surface area contributed by atoms with Gasteiger partial charge in [-0.3, -0.25) is 0 Å². The lowest BCUT2D eigenvalue weighted by Crippen LogP contribution is -2.20. The minimum Gasteiger partial charge on any atom is -0.497 e. The van der Waals surface area contributed by atoms with Gasteiger partial charge >= 0.3 is 0 Å². The molecular weight excluding hydrogens is 210 g/mol. The fourth-order valence-electron chi connectivity index (χ4n) is 2.95. The number of rotatable bonds is 4. The number of fused-ring (bicyclic) bond motifs is 1. The van der Waals surface area contributed by atoms with Crippen LogP contribution >= 0.6 is 0 Å². The van der Waals surface area contributed by atoms with Gasteiger partial charge in [0.1, 0.15) is 5.75 Å². The highest BCUT2D eigenvalue weighted by atomic mass is 16.5. The highest BCUT2D eigenvalue weighted by Gasteiger charge is 2.24. The lowest BCUT2D eigenvalue weighted by molar-refractivity contribution is 0.399. The van der Waals surface area contributed by atoms with Crippen LogP contribution in [0.3, 0.4) is 0 Å². The van der Waals surface area contributed by atoms with Crippen molar-refractivity contribution < 1.29 is 4.74 Å². The summed E-state index contributed by atoms with van der Waals surface area (Å²) in [5.41, 5.74) is 3.03. The molecule has 0 amide bonds. The van der Waals surface area contributed by atoms with Crippen LogP contribution in [0, 0.1) is 5.92 Å². The maximum Gasteiger partial charge on any atom is 0.119 e. The van der Waals surface area contributed by atoms with E-state index in [9.17, 15) is 0 Å². The summed E-state index contributed by atoms with van der Waals surface area (Å²) in [6, 6.07) is 6.58. The van der Waals surface area contributed by atoms with Crippen molar-refractivity contribution in [3.63, 3.8) is 0 Å². The zero-order valence-electron chi connectivity index (χ0n) is 11.1. The van der Waals surface area contributed by atoms with Gasteiger partial charge in [-0.2, -0.15) is 0 Å². The smallest absolute Gasteiger partial charge is 0.119 e. The Balaban J connectivity index is 2.23. The van der Waals surface area contributed by atoms with Crippen LogP contribution in [0.1, 0.15) is 36.8 Å². The summed E-state index contributed by atoms with van der Waals surface area (Å²) in [4.78, 5) is 0. The molecule has 17 heavy (non-hydrogen) atoms. The Bertz CT molecular complexity index is 375. The summed E-state index contributed by atoms with van der Waals surface area (Å²) < 4.78 is 5.32. The molecule has 0 bridgehead atoms. The van der Waals surface area contributed by atoms with Crippen LogP contribution < -0.4 is 10.1 Å². The van der Waals surface area contributed by atoms with Gasteiger partial charge < -0.3 is 10.1 Å². The molecule has 2 rings (SSSR count). The summed E-state index contributed by atoms with van der Waals surface area (Å²) >= 11 is 0. The van der Waals surface area contributed by atoms with E-state index in [1.165, 1.54) is 24.8 Å². The Kier molecular flexibility index (Phi) is 4.06. The molecule has 2 unspecified atom stereocenters. The zero-order valence-corrected chi connectivity index (χ0v) is 11.1. The number of methoxy groups -OCH3 is 1. The molecule has 94 valence electrons. The summed E-state index contributed by atoms with van der Waals surface area (Å²) in [6.07, 6.45) is 3.75. The molecule has 0 aromatic heterocycles. The van der Waals surface area contributed by atoms with E-state index in [0.29, 0.717) is 5.92 Å². The number of hydrogen-bond donors (Lipinski definition) is 1. The Labute approximate surface area is 104 Å². The van der Waals surface area contributed by atoms with E-state index in [-0.39, 0.29) is 0 Å². The normalized spacial score (nSPS) is 23.2. The first-order chi connectivity index (χ1) is 8.24. The highest BCUT2D eigenvalue weighted by molar-refractivity contribution is 5.39. The molecule has 1 aromatic carbocycles. The van der Waals surface area contributed by atoms with E-state index < -0.39 is 0 Å². The third-order valence-electron chi connectivity index (χ3n) is 3.79. The molecule has 0 fully saturated rings. The van der Waals surface area contributed by atoms with E-state index >= 15 is 0 Å². The summed E-state index contributed by atoms with van der Waals surface area (Å²) in [7, 11) is 3.77. The Morgan fingerprint density at radius 3 is 2.94 bits per heavy atom. The van der Waals surface area contributed by atoms with Gasteiger partial charge in [-0.25, -0.2) is 0 Å². The maximum absolute atomic E-state index is 5.32. The molecule has 0 spiro atoms. The van der Waals surface area contributed by atoms with Crippen molar-refractivity contribution in [3.05, 3.63) is 29.3 Å². The zero-order chi connectivity index (χ0) is 12.3. The van der Waals surface area contributed by atoms with Crippen molar-refractivity contribution in [2.75, 3.05) is 20.7 Å². The van der Waals surface area contributed by atoms with Gasteiger partial charge in [0.05, 0.1) is 7.11 Å². The Morgan fingerprint density at radius 2 is 2.24 bits per heavy atom. The van der Waals surface area contributed by atoms with E-state index in [2.05, 4.69) is 30.4 Å². The lowest BCUT2D eigenvalue weighted by Gasteiger charge is -2.30. The molecule has 0 aliphatic heterocycles. The second-order valence-electron chi connectivity index (χ2n) is 5.20. The van der Waals surface area contributed by atoms with Gasteiger partial charge in [0, 0.05) is 0 Å². The average Bonchev–Trinajstić information content (AvgIpc) is 2.34. The molecule has 1 aliphatic rings. The summed E-state index contributed by atoms with van der Waals surface area (Å²) in [6.45, 7) is 3.46. The van der Waals surface area contributed by atoms with Crippen LogP contribution in [0.2, 0.25) is 0 Å². The molecule has 1 N–H and O–H groups in total. The minimum absolute atomic E-state index is 0.715. The van der Waals surface area contributed by atoms with Gasteiger partial charge in [-0.15, -0.1) is 0 Å². The molecule has 0 heterocycles. The van der Waals surface area contributed by atoms with Crippen LogP contribution in [0.25, 0.3) is 0 Å². The summed E-state index contributed by atoms with van der Waals surface area (Å²) in [5.74, 6) is 2.49. The summed E-state index contributed by atoms with van der Waals surface area (Å²) in [5, 5.41) is 3.26. The van der Waals surface area contributed by atoms with Crippen molar-refractivity contribution >= 4 is 0 Å². The number of nitrogens with one attached hydrogen (secondary N) is 1. The molecule has 2 atom stereocenters. The third-order valence-corrected chi connectivity index (χ3v) is 3.79. The van der Waals surface area contributed by atoms with E-state index in [1.807, 2.05) is 7.05 Å². The topological polar surface area (TPSA) is 21.3 Å². The van der Waals surface area contributed by atoms with Crippen LogP contribution in [-0.4, -0.2) is 20.7 Å². The van der Waals surface area contributed by atoms with E-state index in [1.54, 1.807) is 12.7 Å². The van der Waals surface area contributed by atoms with Gasteiger partial charge in [-0.05, 0) is 68.0 Å². The first kappa shape index (κ1) is 12.4. The first-order valence-electron chi connectivity index (χ1n) is 6.56. The third kappa shape index (κ3) is 2.81. The van der Waals surface area contributed by atoms with Crippen LogP contribution in [0.4, 0.5) is 0 Å². The maximum atomic E-state index is 5.32. The van der Waals surface area contributed by atoms with Gasteiger partial charge in [0.25, 0.3) is 0 Å². The number of hydrogen-bond acceptors (Lipinski definition) is 2. The second kappa shape index (κ2) is 5.54. The first-order valence-corrected chi connectivity index (χ1v) is 6.56. The molecule has 0 saturated carbocycles.